The minimum Gasteiger partial charge on any atom is -0.455 e. The fourth-order valence-corrected chi connectivity index (χ4v) is 2.47. The standard InChI is InChI=1S/C20H14F4N2O2/c21-16-6-2-4-14(11-16)18-8-7-17(28-18)12-25-26-19(27)10-13-3-1-5-15(9-13)20(22,23)24/h1-9,11-12H,10H2,(H,26,27)/b25-12+. The van der Waals surface area contributed by atoms with Gasteiger partial charge in [0.2, 0.25) is 5.91 Å². The number of alkyl halides is 3. The second-order valence-electron chi connectivity index (χ2n) is 5.88. The van der Waals surface area contributed by atoms with Gasteiger partial charge in [0.1, 0.15) is 17.3 Å². The fraction of sp³-hybridized carbons (Fsp3) is 0.100. The van der Waals surface area contributed by atoms with Crippen LogP contribution in [0.15, 0.2) is 70.2 Å². The van der Waals surface area contributed by atoms with E-state index in [1.54, 1.807) is 24.3 Å². The summed E-state index contributed by atoms with van der Waals surface area (Å²) in [5.41, 5.74) is 2.17. The van der Waals surface area contributed by atoms with Crippen molar-refractivity contribution in [2.45, 2.75) is 12.6 Å². The number of furan rings is 1. The molecule has 1 heterocycles. The molecule has 0 spiro atoms. The second-order valence-corrected chi connectivity index (χ2v) is 5.88. The van der Waals surface area contributed by atoms with Crippen LogP contribution in [0.3, 0.4) is 0 Å². The van der Waals surface area contributed by atoms with Crippen molar-refractivity contribution in [1.82, 2.24) is 5.43 Å². The van der Waals surface area contributed by atoms with E-state index in [2.05, 4.69) is 10.5 Å². The molecule has 0 bridgehead atoms. The average molecular weight is 390 g/mol. The van der Waals surface area contributed by atoms with Gasteiger partial charge < -0.3 is 4.42 Å². The lowest BCUT2D eigenvalue weighted by Crippen LogP contribution is -2.20. The smallest absolute Gasteiger partial charge is 0.416 e. The van der Waals surface area contributed by atoms with Crippen molar-refractivity contribution in [3.63, 3.8) is 0 Å². The number of hydrazone groups is 1. The maximum atomic E-state index is 13.2. The summed E-state index contributed by atoms with van der Waals surface area (Å²) in [7, 11) is 0. The number of hydrogen-bond acceptors (Lipinski definition) is 3. The van der Waals surface area contributed by atoms with E-state index >= 15 is 0 Å². The van der Waals surface area contributed by atoms with Gasteiger partial charge >= 0.3 is 6.18 Å². The summed E-state index contributed by atoms with van der Waals surface area (Å²) in [6.07, 6.45) is -3.48. The summed E-state index contributed by atoms with van der Waals surface area (Å²) in [6, 6.07) is 13.6. The van der Waals surface area contributed by atoms with Crippen LogP contribution in [0.5, 0.6) is 0 Å². The van der Waals surface area contributed by atoms with Gasteiger partial charge in [0.05, 0.1) is 18.2 Å². The molecule has 0 aliphatic rings. The molecule has 3 aromatic rings. The van der Waals surface area contributed by atoms with Crippen molar-refractivity contribution in [3.05, 3.63) is 83.4 Å². The van der Waals surface area contributed by atoms with Crippen molar-refractivity contribution >= 4 is 12.1 Å². The number of nitrogens with one attached hydrogen (secondary N) is 1. The Labute approximate surface area is 157 Å². The third-order valence-corrected chi connectivity index (χ3v) is 3.74. The van der Waals surface area contributed by atoms with Gasteiger partial charge in [0.25, 0.3) is 0 Å². The number of halogens is 4. The highest BCUT2D eigenvalue weighted by atomic mass is 19.4. The molecule has 0 aliphatic heterocycles. The number of carbonyl (C=O) groups is 1. The Hall–Kier alpha value is -3.42. The molecular weight excluding hydrogens is 376 g/mol. The van der Waals surface area contributed by atoms with Crippen LogP contribution < -0.4 is 5.43 Å². The molecule has 1 aromatic heterocycles. The minimum atomic E-state index is -4.47. The molecule has 3 rings (SSSR count). The SMILES string of the molecule is O=C(Cc1cccc(C(F)(F)F)c1)N/N=C/c1ccc(-c2cccc(F)c2)o1. The van der Waals surface area contributed by atoms with Gasteiger partial charge in [-0.05, 0) is 35.9 Å². The molecule has 0 aliphatic carbocycles. The van der Waals surface area contributed by atoms with E-state index in [9.17, 15) is 22.4 Å². The van der Waals surface area contributed by atoms with Crippen molar-refractivity contribution in [2.75, 3.05) is 0 Å². The van der Waals surface area contributed by atoms with Crippen LogP contribution in [0.2, 0.25) is 0 Å². The van der Waals surface area contributed by atoms with Crippen LogP contribution in [0.4, 0.5) is 17.6 Å². The lowest BCUT2D eigenvalue weighted by molar-refractivity contribution is -0.137. The predicted molar refractivity (Wildman–Crippen MR) is 95.0 cm³/mol. The van der Waals surface area contributed by atoms with Gasteiger partial charge in [-0.15, -0.1) is 0 Å². The Kier molecular flexibility index (Phi) is 5.58. The Bertz CT molecular complexity index is 1010. The first-order chi connectivity index (χ1) is 13.3. The van der Waals surface area contributed by atoms with E-state index in [0.29, 0.717) is 17.1 Å². The largest absolute Gasteiger partial charge is 0.455 e. The van der Waals surface area contributed by atoms with Crippen LogP contribution in [0.1, 0.15) is 16.9 Å². The van der Waals surface area contributed by atoms with Crippen molar-refractivity contribution in [3.8, 4) is 11.3 Å². The zero-order chi connectivity index (χ0) is 20.1. The van der Waals surface area contributed by atoms with Crippen molar-refractivity contribution < 1.29 is 26.8 Å². The summed E-state index contributed by atoms with van der Waals surface area (Å²) < 4.78 is 56.8. The Morgan fingerprint density at radius 1 is 1.07 bits per heavy atom. The van der Waals surface area contributed by atoms with Crippen LogP contribution in [-0.2, 0) is 17.4 Å². The van der Waals surface area contributed by atoms with Gasteiger partial charge in [-0.25, -0.2) is 9.82 Å². The minimum absolute atomic E-state index is 0.217. The fourth-order valence-electron chi connectivity index (χ4n) is 2.47. The van der Waals surface area contributed by atoms with Crippen LogP contribution in [-0.4, -0.2) is 12.1 Å². The molecule has 4 nitrogen and oxygen atoms in total. The topological polar surface area (TPSA) is 54.6 Å². The number of hydrogen-bond donors (Lipinski definition) is 1. The van der Waals surface area contributed by atoms with E-state index in [4.69, 9.17) is 4.42 Å². The number of benzene rings is 2. The first kappa shape index (κ1) is 19.3. The molecule has 0 radical (unpaired) electrons. The van der Waals surface area contributed by atoms with Gasteiger partial charge in [-0.3, -0.25) is 4.79 Å². The van der Waals surface area contributed by atoms with Gasteiger partial charge in [0.15, 0.2) is 0 Å². The summed E-state index contributed by atoms with van der Waals surface area (Å²) in [6.45, 7) is 0. The molecule has 0 fully saturated rings. The average Bonchev–Trinajstić information content (AvgIpc) is 3.10. The second kappa shape index (κ2) is 8.08. The van der Waals surface area contributed by atoms with E-state index < -0.39 is 23.5 Å². The zero-order valence-corrected chi connectivity index (χ0v) is 14.3. The highest BCUT2D eigenvalue weighted by Crippen LogP contribution is 2.29. The molecule has 1 N–H and O–H groups in total. The number of rotatable bonds is 5. The first-order valence-corrected chi connectivity index (χ1v) is 8.15. The molecule has 0 unspecified atom stereocenters. The van der Waals surface area contributed by atoms with Crippen molar-refractivity contribution in [2.24, 2.45) is 5.10 Å². The zero-order valence-electron chi connectivity index (χ0n) is 14.3. The maximum Gasteiger partial charge on any atom is 0.416 e. The third-order valence-electron chi connectivity index (χ3n) is 3.74. The number of carbonyl (C=O) groups excluding carboxylic acids is 1. The molecule has 0 saturated carbocycles. The number of amides is 1. The molecule has 0 saturated heterocycles. The molecule has 8 heteroatoms. The lowest BCUT2D eigenvalue weighted by Gasteiger charge is -2.08. The third kappa shape index (κ3) is 5.06. The highest BCUT2D eigenvalue weighted by molar-refractivity contribution is 5.82. The van der Waals surface area contributed by atoms with Crippen LogP contribution >= 0.6 is 0 Å². The normalized spacial score (nSPS) is 11.7. The van der Waals surface area contributed by atoms with E-state index in [1.807, 2.05) is 0 Å². The molecule has 144 valence electrons. The lowest BCUT2D eigenvalue weighted by atomic mass is 10.1. The molecule has 1 amide bonds. The van der Waals surface area contributed by atoms with E-state index in [-0.39, 0.29) is 12.0 Å². The van der Waals surface area contributed by atoms with Gasteiger partial charge in [-0.2, -0.15) is 18.3 Å². The molecule has 28 heavy (non-hydrogen) atoms. The Balaban J connectivity index is 1.59. The quantitative estimate of drug-likeness (QED) is 0.387. The first-order valence-electron chi connectivity index (χ1n) is 8.15. The van der Waals surface area contributed by atoms with E-state index in [1.165, 1.54) is 30.5 Å². The molecule has 2 aromatic carbocycles. The van der Waals surface area contributed by atoms with Gasteiger partial charge in [0, 0.05) is 5.56 Å². The monoisotopic (exact) mass is 390 g/mol. The molecule has 0 atom stereocenters. The highest BCUT2D eigenvalue weighted by Gasteiger charge is 2.30. The summed E-state index contributed by atoms with van der Waals surface area (Å²) in [5, 5.41) is 3.72. The summed E-state index contributed by atoms with van der Waals surface area (Å²) in [4.78, 5) is 11.8. The number of nitrogens with zero attached hydrogens (tertiary/aromatic N) is 1. The maximum absolute atomic E-state index is 13.2. The predicted octanol–water partition coefficient (Wildman–Crippen LogP) is 4.80. The van der Waals surface area contributed by atoms with Crippen LogP contribution in [0, 0.1) is 5.82 Å². The summed E-state index contributed by atoms with van der Waals surface area (Å²) >= 11 is 0. The Morgan fingerprint density at radius 3 is 2.61 bits per heavy atom. The summed E-state index contributed by atoms with van der Waals surface area (Å²) in [5.74, 6) is -0.228. The van der Waals surface area contributed by atoms with Crippen LogP contribution in [0.25, 0.3) is 11.3 Å². The Morgan fingerprint density at radius 2 is 1.86 bits per heavy atom. The van der Waals surface area contributed by atoms with Gasteiger partial charge in [-0.1, -0.05) is 30.3 Å². The van der Waals surface area contributed by atoms with Crippen molar-refractivity contribution in [1.29, 1.82) is 0 Å². The molecular formula is C20H14F4N2O2. The van der Waals surface area contributed by atoms with E-state index in [0.717, 1.165) is 12.1 Å².